The Balaban J connectivity index is 0.00000625. The van der Waals surface area contributed by atoms with Crippen molar-refractivity contribution in [3.05, 3.63) is 35.4 Å². The van der Waals surface area contributed by atoms with Gasteiger partial charge >= 0.3 is 0 Å². The average molecular weight is 476 g/mol. The molecule has 0 aromatic heterocycles. The van der Waals surface area contributed by atoms with Gasteiger partial charge in [0.1, 0.15) is 0 Å². The minimum atomic E-state index is -0.0951. The van der Waals surface area contributed by atoms with Crippen LogP contribution in [0, 0.1) is 5.92 Å². The third kappa shape index (κ3) is 9.38. The van der Waals surface area contributed by atoms with Crippen molar-refractivity contribution in [3.63, 3.8) is 0 Å². The molecule has 0 radical (unpaired) electrons. The predicted octanol–water partition coefficient (Wildman–Crippen LogP) is 2.52. The van der Waals surface area contributed by atoms with Crippen molar-refractivity contribution in [1.29, 1.82) is 0 Å². The first kappa shape index (κ1) is 24.7. The molecule has 0 bridgehead atoms. The lowest BCUT2D eigenvalue weighted by molar-refractivity contribution is 0.0963. The maximum atomic E-state index is 11.7. The van der Waals surface area contributed by atoms with Crippen molar-refractivity contribution in [2.24, 2.45) is 10.9 Å². The minimum absolute atomic E-state index is 0. The van der Waals surface area contributed by atoms with E-state index in [9.17, 15) is 4.79 Å². The second-order valence-electron chi connectivity index (χ2n) is 6.02. The number of aliphatic imine (C=N–C) groups is 1. The van der Waals surface area contributed by atoms with Crippen molar-refractivity contribution in [2.45, 2.75) is 39.7 Å². The van der Waals surface area contributed by atoms with E-state index in [-0.39, 0.29) is 36.5 Å². The highest BCUT2D eigenvalue weighted by molar-refractivity contribution is 14.0. The Labute approximate surface area is 174 Å². The summed E-state index contributed by atoms with van der Waals surface area (Å²) in [5.74, 6) is 1.10. The van der Waals surface area contributed by atoms with Crippen LogP contribution in [0.2, 0.25) is 0 Å². The van der Waals surface area contributed by atoms with Crippen LogP contribution < -0.4 is 16.0 Å². The highest BCUT2D eigenvalue weighted by Crippen LogP contribution is 2.09. The molecule has 1 aromatic rings. The van der Waals surface area contributed by atoms with Gasteiger partial charge in [-0.05, 0) is 43.4 Å². The first-order chi connectivity index (χ1) is 12.1. The molecule has 148 valence electrons. The molecule has 1 unspecified atom stereocenters. The Morgan fingerprint density at radius 2 is 2.00 bits per heavy atom. The Morgan fingerprint density at radius 3 is 2.62 bits per heavy atom. The average Bonchev–Trinajstić information content (AvgIpc) is 2.63. The number of rotatable bonds is 10. The van der Waals surface area contributed by atoms with Crippen molar-refractivity contribution in [2.75, 3.05) is 26.7 Å². The molecule has 4 N–H and O–H groups in total. The summed E-state index contributed by atoms with van der Waals surface area (Å²) < 4.78 is 0. The fourth-order valence-corrected chi connectivity index (χ4v) is 2.65. The van der Waals surface area contributed by atoms with Crippen molar-refractivity contribution in [1.82, 2.24) is 16.0 Å². The SMILES string of the molecule is CCCC(CCO)CNC(=NCc1cccc(C(=O)NC)c1)NCC.I. The molecule has 0 saturated heterocycles. The van der Waals surface area contributed by atoms with Gasteiger partial charge in [-0.1, -0.05) is 25.5 Å². The fraction of sp³-hybridized carbons (Fsp3) is 0.579. The summed E-state index contributed by atoms with van der Waals surface area (Å²) in [7, 11) is 1.62. The third-order valence-corrected chi connectivity index (χ3v) is 3.97. The van der Waals surface area contributed by atoms with Crippen molar-refractivity contribution in [3.8, 4) is 0 Å². The van der Waals surface area contributed by atoms with E-state index in [1.807, 2.05) is 25.1 Å². The number of benzene rings is 1. The lowest BCUT2D eigenvalue weighted by Crippen LogP contribution is -2.40. The summed E-state index contributed by atoms with van der Waals surface area (Å²) in [4.78, 5) is 16.3. The van der Waals surface area contributed by atoms with Gasteiger partial charge in [0.15, 0.2) is 5.96 Å². The molecule has 0 aliphatic carbocycles. The molecule has 1 rings (SSSR count). The molecule has 1 atom stereocenters. The van der Waals surface area contributed by atoms with E-state index in [0.29, 0.717) is 18.0 Å². The molecule has 6 nitrogen and oxygen atoms in total. The van der Waals surface area contributed by atoms with Crippen LogP contribution >= 0.6 is 24.0 Å². The Hall–Kier alpha value is -1.35. The number of carbonyl (C=O) groups is 1. The van der Waals surface area contributed by atoms with E-state index < -0.39 is 0 Å². The van der Waals surface area contributed by atoms with Gasteiger partial charge in [-0.15, -0.1) is 24.0 Å². The van der Waals surface area contributed by atoms with E-state index in [1.165, 1.54) is 0 Å². The molecule has 0 heterocycles. The fourth-order valence-electron chi connectivity index (χ4n) is 2.65. The summed E-state index contributed by atoms with van der Waals surface area (Å²) in [6.07, 6.45) is 2.99. The number of guanidine groups is 1. The van der Waals surface area contributed by atoms with Gasteiger partial charge in [0.05, 0.1) is 6.54 Å². The summed E-state index contributed by atoms with van der Waals surface area (Å²) in [5, 5.41) is 18.4. The van der Waals surface area contributed by atoms with Crippen molar-refractivity contribution < 1.29 is 9.90 Å². The van der Waals surface area contributed by atoms with Crippen LogP contribution in [-0.2, 0) is 6.54 Å². The Kier molecular flexibility index (Phi) is 14.0. The van der Waals surface area contributed by atoms with E-state index in [0.717, 1.165) is 43.9 Å². The largest absolute Gasteiger partial charge is 0.396 e. The minimum Gasteiger partial charge on any atom is -0.396 e. The summed E-state index contributed by atoms with van der Waals surface area (Å²) in [6, 6.07) is 7.48. The van der Waals surface area contributed by atoms with Gasteiger partial charge in [-0.25, -0.2) is 4.99 Å². The van der Waals surface area contributed by atoms with Crippen LogP contribution in [0.25, 0.3) is 0 Å². The molecule has 1 amide bonds. The number of nitrogens with zero attached hydrogens (tertiary/aromatic N) is 1. The molecule has 0 spiro atoms. The number of aliphatic hydroxyl groups excluding tert-OH is 1. The molecule has 0 aliphatic heterocycles. The number of hydrogen-bond donors (Lipinski definition) is 4. The lowest BCUT2D eigenvalue weighted by atomic mass is 10.0. The standard InChI is InChI=1S/C19H32N4O2.HI/c1-4-7-15(10-11-24)13-22-19(21-5-2)23-14-16-8-6-9-17(12-16)18(25)20-3;/h6,8-9,12,15,24H,4-5,7,10-11,13-14H2,1-3H3,(H,20,25)(H2,21,22,23);1H. The Morgan fingerprint density at radius 1 is 1.23 bits per heavy atom. The number of nitrogens with one attached hydrogen (secondary N) is 3. The molecular formula is C19H33IN4O2. The van der Waals surface area contributed by atoms with Gasteiger partial charge in [-0.3, -0.25) is 4.79 Å². The highest BCUT2D eigenvalue weighted by atomic mass is 127. The van der Waals surface area contributed by atoms with Gasteiger partial charge in [-0.2, -0.15) is 0 Å². The van der Waals surface area contributed by atoms with Crippen molar-refractivity contribution >= 4 is 35.8 Å². The zero-order valence-corrected chi connectivity index (χ0v) is 18.4. The quantitative estimate of drug-likeness (QED) is 0.238. The number of hydrogen-bond acceptors (Lipinski definition) is 3. The third-order valence-electron chi connectivity index (χ3n) is 3.97. The molecule has 0 fully saturated rings. The zero-order chi connectivity index (χ0) is 18.5. The summed E-state index contributed by atoms with van der Waals surface area (Å²) >= 11 is 0. The second-order valence-corrected chi connectivity index (χ2v) is 6.02. The molecule has 26 heavy (non-hydrogen) atoms. The number of carbonyl (C=O) groups excluding carboxylic acids is 1. The molecule has 0 saturated carbocycles. The van der Waals surface area contributed by atoms with E-state index in [1.54, 1.807) is 13.1 Å². The number of aliphatic hydroxyl groups is 1. The molecular weight excluding hydrogens is 443 g/mol. The first-order valence-corrected chi connectivity index (χ1v) is 9.08. The number of halogens is 1. The van der Waals surface area contributed by atoms with Gasteiger partial charge in [0, 0.05) is 32.3 Å². The second kappa shape index (κ2) is 14.8. The van der Waals surface area contributed by atoms with Gasteiger partial charge in [0.2, 0.25) is 0 Å². The smallest absolute Gasteiger partial charge is 0.251 e. The monoisotopic (exact) mass is 476 g/mol. The van der Waals surface area contributed by atoms with E-state index in [4.69, 9.17) is 5.11 Å². The van der Waals surface area contributed by atoms with Gasteiger partial charge in [0.25, 0.3) is 5.91 Å². The topological polar surface area (TPSA) is 85.8 Å². The zero-order valence-electron chi connectivity index (χ0n) is 16.0. The Bertz CT molecular complexity index is 546. The van der Waals surface area contributed by atoms with Crippen LogP contribution in [0.5, 0.6) is 0 Å². The van der Waals surface area contributed by atoms with Gasteiger partial charge < -0.3 is 21.1 Å². The lowest BCUT2D eigenvalue weighted by Gasteiger charge is -2.18. The van der Waals surface area contributed by atoms with Crippen LogP contribution in [0.1, 0.15) is 49.0 Å². The van der Waals surface area contributed by atoms with E-state index in [2.05, 4.69) is 27.9 Å². The van der Waals surface area contributed by atoms with Crippen LogP contribution in [0.3, 0.4) is 0 Å². The molecule has 7 heteroatoms. The normalized spacial score (nSPS) is 12.1. The predicted molar refractivity (Wildman–Crippen MR) is 118 cm³/mol. The molecule has 1 aromatic carbocycles. The van der Waals surface area contributed by atoms with Crippen LogP contribution in [-0.4, -0.2) is 43.7 Å². The van der Waals surface area contributed by atoms with E-state index >= 15 is 0 Å². The van der Waals surface area contributed by atoms with Crippen LogP contribution in [0.4, 0.5) is 0 Å². The number of amides is 1. The summed E-state index contributed by atoms with van der Waals surface area (Å²) in [5.41, 5.74) is 1.62. The maximum absolute atomic E-state index is 11.7. The first-order valence-electron chi connectivity index (χ1n) is 9.08. The molecule has 0 aliphatic rings. The summed E-state index contributed by atoms with van der Waals surface area (Å²) in [6.45, 7) is 6.47. The highest BCUT2D eigenvalue weighted by Gasteiger charge is 2.08. The van der Waals surface area contributed by atoms with Crippen LogP contribution in [0.15, 0.2) is 29.3 Å². The maximum Gasteiger partial charge on any atom is 0.251 e.